The minimum atomic E-state index is 0.641. The number of rotatable bonds is 4. The van der Waals surface area contributed by atoms with Gasteiger partial charge in [-0.2, -0.15) is 0 Å². The fourth-order valence-electron chi connectivity index (χ4n) is 2.25. The van der Waals surface area contributed by atoms with Crippen LogP contribution in [0.25, 0.3) is 0 Å². The molecule has 1 aromatic rings. The predicted molar refractivity (Wildman–Crippen MR) is 77.5 cm³/mol. The lowest BCUT2D eigenvalue weighted by Crippen LogP contribution is -2.43. The standard InChI is InChI=1S/C15H23N3/c1-3-5-12(2)13-6-8-14(9-7-13)18-15-16-10-4-11-17-15/h6-9,12H,3-5,10-11H2,1-2H3,(H2,16,17,18). The van der Waals surface area contributed by atoms with Gasteiger partial charge in [0, 0.05) is 13.1 Å². The van der Waals surface area contributed by atoms with Crippen molar-refractivity contribution in [1.82, 2.24) is 10.6 Å². The van der Waals surface area contributed by atoms with E-state index in [9.17, 15) is 0 Å². The molecule has 0 bridgehead atoms. The maximum absolute atomic E-state index is 4.56. The van der Waals surface area contributed by atoms with Gasteiger partial charge in [0.05, 0.1) is 5.69 Å². The van der Waals surface area contributed by atoms with Crippen LogP contribution in [0.1, 0.15) is 44.6 Å². The van der Waals surface area contributed by atoms with Crippen molar-refractivity contribution in [2.45, 2.75) is 39.0 Å². The summed E-state index contributed by atoms with van der Waals surface area (Å²) in [7, 11) is 0. The predicted octanol–water partition coefficient (Wildman–Crippen LogP) is 3.16. The average molecular weight is 245 g/mol. The molecule has 0 aromatic heterocycles. The third-order valence-corrected chi connectivity index (χ3v) is 3.36. The van der Waals surface area contributed by atoms with E-state index in [4.69, 9.17) is 0 Å². The SMILES string of the molecule is CCCC(C)c1ccc(N=C2NCCCN2)cc1. The summed E-state index contributed by atoms with van der Waals surface area (Å²) < 4.78 is 0. The van der Waals surface area contributed by atoms with E-state index in [-0.39, 0.29) is 0 Å². The highest BCUT2D eigenvalue weighted by Crippen LogP contribution is 2.23. The maximum Gasteiger partial charge on any atom is 0.196 e. The third kappa shape index (κ3) is 3.49. The van der Waals surface area contributed by atoms with E-state index in [1.807, 2.05) is 0 Å². The van der Waals surface area contributed by atoms with Crippen molar-refractivity contribution in [2.24, 2.45) is 4.99 Å². The summed E-state index contributed by atoms with van der Waals surface area (Å²) in [6, 6.07) is 8.60. The van der Waals surface area contributed by atoms with Crippen molar-refractivity contribution >= 4 is 11.6 Å². The molecule has 1 aliphatic heterocycles. The highest BCUT2D eigenvalue weighted by molar-refractivity contribution is 5.83. The summed E-state index contributed by atoms with van der Waals surface area (Å²) in [4.78, 5) is 4.56. The number of hydrogen-bond acceptors (Lipinski definition) is 1. The Balaban J connectivity index is 2.02. The first-order valence-corrected chi connectivity index (χ1v) is 6.96. The third-order valence-electron chi connectivity index (χ3n) is 3.36. The van der Waals surface area contributed by atoms with Crippen molar-refractivity contribution in [3.63, 3.8) is 0 Å². The highest BCUT2D eigenvalue weighted by atomic mass is 15.2. The van der Waals surface area contributed by atoms with E-state index in [0.29, 0.717) is 5.92 Å². The van der Waals surface area contributed by atoms with Gasteiger partial charge in [-0.15, -0.1) is 0 Å². The fourth-order valence-corrected chi connectivity index (χ4v) is 2.25. The Morgan fingerprint density at radius 2 is 1.83 bits per heavy atom. The molecule has 1 aromatic carbocycles. The number of nitrogens with one attached hydrogen (secondary N) is 2. The first-order chi connectivity index (χ1) is 8.79. The van der Waals surface area contributed by atoms with Gasteiger partial charge in [-0.3, -0.25) is 0 Å². The van der Waals surface area contributed by atoms with E-state index in [2.05, 4.69) is 53.7 Å². The van der Waals surface area contributed by atoms with Crippen LogP contribution >= 0.6 is 0 Å². The average Bonchev–Trinajstić information content (AvgIpc) is 2.41. The summed E-state index contributed by atoms with van der Waals surface area (Å²) in [6.45, 7) is 6.54. The molecule has 1 unspecified atom stereocenters. The van der Waals surface area contributed by atoms with Gasteiger partial charge in [0.2, 0.25) is 0 Å². The lowest BCUT2D eigenvalue weighted by Gasteiger charge is -2.17. The fraction of sp³-hybridized carbons (Fsp3) is 0.533. The van der Waals surface area contributed by atoms with Crippen LogP contribution in [0.4, 0.5) is 5.69 Å². The Labute approximate surface area is 110 Å². The van der Waals surface area contributed by atoms with Crippen molar-refractivity contribution < 1.29 is 0 Å². The summed E-state index contributed by atoms with van der Waals surface area (Å²) in [5, 5.41) is 6.53. The second-order valence-electron chi connectivity index (χ2n) is 4.95. The van der Waals surface area contributed by atoms with Gasteiger partial charge in [-0.25, -0.2) is 4.99 Å². The van der Waals surface area contributed by atoms with E-state index in [0.717, 1.165) is 31.2 Å². The largest absolute Gasteiger partial charge is 0.356 e. The second-order valence-corrected chi connectivity index (χ2v) is 4.95. The van der Waals surface area contributed by atoms with Gasteiger partial charge < -0.3 is 10.6 Å². The number of nitrogens with zero attached hydrogens (tertiary/aromatic N) is 1. The molecule has 1 saturated heterocycles. The first kappa shape index (κ1) is 12.9. The van der Waals surface area contributed by atoms with Crippen LogP contribution in [-0.4, -0.2) is 19.0 Å². The Hall–Kier alpha value is -1.51. The molecule has 0 spiro atoms. The first-order valence-electron chi connectivity index (χ1n) is 6.96. The lowest BCUT2D eigenvalue weighted by molar-refractivity contribution is 0.664. The minimum Gasteiger partial charge on any atom is -0.356 e. The molecule has 0 saturated carbocycles. The van der Waals surface area contributed by atoms with Crippen LogP contribution in [0.2, 0.25) is 0 Å². The molecular weight excluding hydrogens is 222 g/mol. The van der Waals surface area contributed by atoms with Crippen LogP contribution in [0.5, 0.6) is 0 Å². The van der Waals surface area contributed by atoms with Crippen molar-refractivity contribution in [2.75, 3.05) is 13.1 Å². The second kappa shape index (κ2) is 6.43. The Bertz CT molecular complexity index is 387. The highest BCUT2D eigenvalue weighted by Gasteiger charge is 2.06. The zero-order valence-corrected chi connectivity index (χ0v) is 11.4. The Morgan fingerprint density at radius 3 is 2.44 bits per heavy atom. The molecule has 0 aliphatic carbocycles. The van der Waals surface area contributed by atoms with E-state index >= 15 is 0 Å². The van der Waals surface area contributed by atoms with Crippen LogP contribution in [0.15, 0.2) is 29.3 Å². The van der Waals surface area contributed by atoms with Gasteiger partial charge in [0.1, 0.15) is 0 Å². The van der Waals surface area contributed by atoms with E-state index in [1.54, 1.807) is 0 Å². The summed E-state index contributed by atoms with van der Waals surface area (Å²) in [5.41, 5.74) is 2.42. The summed E-state index contributed by atoms with van der Waals surface area (Å²) >= 11 is 0. The molecule has 1 atom stereocenters. The molecular formula is C15H23N3. The van der Waals surface area contributed by atoms with Gasteiger partial charge in [-0.1, -0.05) is 32.4 Å². The summed E-state index contributed by atoms with van der Waals surface area (Å²) in [5.74, 6) is 1.54. The normalized spacial score (nSPS) is 16.7. The number of benzene rings is 1. The molecule has 98 valence electrons. The maximum atomic E-state index is 4.56. The van der Waals surface area contributed by atoms with Crippen LogP contribution in [0.3, 0.4) is 0 Å². The molecule has 0 radical (unpaired) electrons. The molecule has 3 nitrogen and oxygen atoms in total. The molecule has 1 aliphatic rings. The number of hydrogen-bond donors (Lipinski definition) is 2. The number of aliphatic imine (C=N–C) groups is 1. The van der Waals surface area contributed by atoms with Crippen molar-refractivity contribution in [3.8, 4) is 0 Å². The van der Waals surface area contributed by atoms with Crippen molar-refractivity contribution in [1.29, 1.82) is 0 Å². The van der Waals surface area contributed by atoms with Gasteiger partial charge in [0.15, 0.2) is 5.96 Å². The molecule has 2 rings (SSSR count). The smallest absolute Gasteiger partial charge is 0.196 e. The molecule has 18 heavy (non-hydrogen) atoms. The monoisotopic (exact) mass is 245 g/mol. The quantitative estimate of drug-likeness (QED) is 0.855. The van der Waals surface area contributed by atoms with Crippen LogP contribution in [0, 0.1) is 0 Å². The van der Waals surface area contributed by atoms with Gasteiger partial charge in [0.25, 0.3) is 0 Å². The molecule has 2 N–H and O–H groups in total. The molecule has 1 fully saturated rings. The summed E-state index contributed by atoms with van der Waals surface area (Å²) in [6.07, 6.45) is 3.64. The Morgan fingerprint density at radius 1 is 1.17 bits per heavy atom. The van der Waals surface area contributed by atoms with Crippen LogP contribution < -0.4 is 10.6 Å². The molecule has 1 heterocycles. The van der Waals surface area contributed by atoms with Gasteiger partial charge in [-0.05, 0) is 36.5 Å². The van der Waals surface area contributed by atoms with E-state index in [1.165, 1.54) is 18.4 Å². The topological polar surface area (TPSA) is 36.4 Å². The zero-order valence-electron chi connectivity index (χ0n) is 11.4. The van der Waals surface area contributed by atoms with Gasteiger partial charge >= 0.3 is 0 Å². The minimum absolute atomic E-state index is 0.641. The van der Waals surface area contributed by atoms with E-state index < -0.39 is 0 Å². The Kier molecular flexibility index (Phi) is 4.62. The number of guanidine groups is 1. The van der Waals surface area contributed by atoms with Crippen LogP contribution in [-0.2, 0) is 0 Å². The lowest BCUT2D eigenvalue weighted by atomic mass is 9.96. The molecule has 3 heteroatoms. The van der Waals surface area contributed by atoms with Crippen molar-refractivity contribution in [3.05, 3.63) is 29.8 Å². The zero-order chi connectivity index (χ0) is 12.8. The molecule has 0 amide bonds.